The average Bonchev–Trinajstić information content (AvgIpc) is 3.05. The molecular formula is C21H21FN2O3. The summed E-state index contributed by atoms with van der Waals surface area (Å²) in [4.78, 5) is 16.2. The first kappa shape index (κ1) is 17.4. The number of fused-ring (bicyclic) bond motifs is 3. The third kappa shape index (κ3) is 3.23. The highest BCUT2D eigenvalue weighted by Gasteiger charge is 2.28. The second kappa shape index (κ2) is 6.95. The van der Waals surface area contributed by atoms with Crippen molar-refractivity contribution in [2.24, 2.45) is 5.92 Å². The summed E-state index contributed by atoms with van der Waals surface area (Å²) in [6.45, 7) is 0. The number of hydrogen-bond donors (Lipinski definition) is 2. The lowest BCUT2D eigenvalue weighted by molar-refractivity contribution is -0.120. The highest BCUT2D eigenvalue weighted by Crippen LogP contribution is 2.34. The molecule has 0 spiro atoms. The van der Waals surface area contributed by atoms with Crippen molar-refractivity contribution in [3.05, 3.63) is 53.5 Å². The van der Waals surface area contributed by atoms with Gasteiger partial charge in [0.15, 0.2) is 0 Å². The van der Waals surface area contributed by atoms with Crippen LogP contribution < -0.4 is 14.8 Å². The van der Waals surface area contributed by atoms with Crippen LogP contribution in [0.5, 0.6) is 11.5 Å². The number of aromatic amines is 1. The first-order valence-electron chi connectivity index (χ1n) is 8.91. The molecule has 0 fully saturated rings. The van der Waals surface area contributed by atoms with E-state index in [9.17, 15) is 9.18 Å². The van der Waals surface area contributed by atoms with Crippen LogP contribution >= 0.6 is 0 Å². The lowest BCUT2D eigenvalue weighted by Gasteiger charge is -2.22. The van der Waals surface area contributed by atoms with Gasteiger partial charge in [0.25, 0.3) is 0 Å². The van der Waals surface area contributed by atoms with Gasteiger partial charge in [-0.05, 0) is 55.2 Å². The van der Waals surface area contributed by atoms with Crippen LogP contribution in [0.4, 0.5) is 10.1 Å². The molecule has 0 bridgehead atoms. The third-order valence-corrected chi connectivity index (χ3v) is 5.19. The molecule has 3 aromatic rings. The Kier molecular flexibility index (Phi) is 4.48. The molecule has 1 atom stereocenters. The Balaban J connectivity index is 1.58. The fourth-order valence-electron chi connectivity index (χ4n) is 3.76. The molecular weight excluding hydrogens is 347 g/mol. The van der Waals surface area contributed by atoms with Crippen molar-refractivity contribution >= 4 is 22.5 Å². The van der Waals surface area contributed by atoms with E-state index < -0.39 is 0 Å². The molecule has 1 amide bonds. The number of H-pyrrole nitrogens is 1. The molecule has 2 N–H and O–H groups in total. The second-order valence-electron chi connectivity index (χ2n) is 6.77. The fraction of sp³-hybridized carbons (Fsp3) is 0.286. The Morgan fingerprint density at radius 1 is 1.19 bits per heavy atom. The summed E-state index contributed by atoms with van der Waals surface area (Å²) >= 11 is 0. The van der Waals surface area contributed by atoms with E-state index in [1.165, 1.54) is 12.1 Å². The maximum Gasteiger partial charge on any atom is 0.227 e. The number of rotatable bonds is 4. The number of aromatic nitrogens is 1. The van der Waals surface area contributed by atoms with Crippen LogP contribution in [0, 0.1) is 11.7 Å². The van der Waals surface area contributed by atoms with Crippen LogP contribution in [-0.4, -0.2) is 25.1 Å². The maximum absolute atomic E-state index is 13.7. The van der Waals surface area contributed by atoms with Crippen LogP contribution in [0.1, 0.15) is 17.7 Å². The topological polar surface area (TPSA) is 63.4 Å². The van der Waals surface area contributed by atoms with Gasteiger partial charge < -0.3 is 19.8 Å². The van der Waals surface area contributed by atoms with E-state index >= 15 is 0 Å². The SMILES string of the molecule is COc1ccc(OC)c(NC(=O)C2CCc3[nH]c4ccc(F)cc4c3C2)c1. The zero-order valence-electron chi connectivity index (χ0n) is 15.3. The minimum absolute atomic E-state index is 0.0713. The number of hydrogen-bond acceptors (Lipinski definition) is 3. The number of aryl methyl sites for hydroxylation is 1. The van der Waals surface area contributed by atoms with Crippen molar-refractivity contribution in [3.8, 4) is 11.5 Å². The van der Waals surface area contributed by atoms with E-state index in [0.29, 0.717) is 23.6 Å². The van der Waals surface area contributed by atoms with E-state index in [-0.39, 0.29) is 17.6 Å². The van der Waals surface area contributed by atoms with Crippen LogP contribution in [0.3, 0.4) is 0 Å². The van der Waals surface area contributed by atoms with Gasteiger partial charge in [0.05, 0.1) is 19.9 Å². The van der Waals surface area contributed by atoms with Crippen molar-refractivity contribution in [1.29, 1.82) is 0 Å². The zero-order chi connectivity index (χ0) is 19.0. The van der Waals surface area contributed by atoms with E-state index in [1.54, 1.807) is 38.5 Å². The summed E-state index contributed by atoms with van der Waals surface area (Å²) in [5.74, 6) is 0.699. The number of halogens is 1. The Labute approximate surface area is 156 Å². The van der Waals surface area contributed by atoms with E-state index in [4.69, 9.17) is 9.47 Å². The minimum atomic E-state index is -0.267. The van der Waals surface area contributed by atoms with E-state index in [1.807, 2.05) is 0 Å². The molecule has 1 unspecified atom stereocenters. The van der Waals surface area contributed by atoms with Crippen molar-refractivity contribution in [3.63, 3.8) is 0 Å². The van der Waals surface area contributed by atoms with Crippen molar-refractivity contribution in [2.45, 2.75) is 19.3 Å². The molecule has 1 aliphatic rings. The van der Waals surface area contributed by atoms with E-state index in [2.05, 4.69) is 10.3 Å². The number of ether oxygens (including phenoxy) is 2. The van der Waals surface area contributed by atoms with E-state index in [0.717, 1.165) is 35.0 Å². The average molecular weight is 368 g/mol. The predicted octanol–water partition coefficient (Wildman–Crippen LogP) is 4.07. The molecule has 0 aliphatic heterocycles. The van der Waals surface area contributed by atoms with Gasteiger partial charge >= 0.3 is 0 Å². The molecule has 5 nitrogen and oxygen atoms in total. The van der Waals surface area contributed by atoms with Crippen LogP contribution in [0.15, 0.2) is 36.4 Å². The number of anilines is 1. The first-order chi connectivity index (χ1) is 13.1. The Hall–Kier alpha value is -3.02. The quantitative estimate of drug-likeness (QED) is 0.730. The Morgan fingerprint density at radius 3 is 2.81 bits per heavy atom. The molecule has 4 rings (SSSR count). The highest BCUT2D eigenvalue weighted by molar-refractivity contribution is 5.95. The lowest BCUT2D eigenvalue weighted by atomic mass is 9.85. The molecule has 1 heterocycles. The number of amides is 1. The summed E-state index contributed by atoms with van der Waals surface area (Å²) in [7, 11) is 3.14. The molecule has 27 heavy (non-hydrogen) atoms. The van der Waals surface area contributed by atoms with Gasteiger partial charge in [-0.1, -0.05) is 0 Å². The molecule has 2 aromatic carbocycles. The summed E-state index contributed by atoms with van der Waals surface area (Å²) in [6.07, 6.45) is 2.08. The molecule has 140 valence electrons. The maximum atomic E-state index is 13.7. The fourth-order valence-corrected chi connectivity index (χ4v) is 3.76. The monoisotopic (exact) mass is 368 g/mol. The number of nitrogens with one attached hydrogen (secondary N) is 2. The van der Waals surface area contributed by atoms with Crippen molar-refractivity contribution in [2.75, 3.05) is 19.5 Å². The number of methoxy groups -OCH3 is 2. The second-order valence-corrected chi connectivity index (χ2v) is 6.77. The number of carbonyl (C=O) groups excluding carboxylic acids is 1. The van der Waals surface area contributed by atoms with Gasteiger partial charge in [-0.3, -0.25) is 4.79 Å². The Bertz CT molecular complexity index is 1010. The molecule has 1 aromatic heterocycles. The first-order valence-corrected chi connectivity index (χ1v) is 8.91. The summed E-state index contributed by atoms with van der Waals surface area (Å²) in [6, 6.07) is 10.0. The van der Waals surface area contributed by atoms with Crippen LogP contribution in [0.25, 0.3) is 10.9 Å². The molecule has 0 saturated heterocycles. The summed E-state index contributed by atoms with van der Waals surface area (Å²) in [5.41, 5.74) is 3.63. The molecule has 6 heteroatoms. The Morgan fingerprint density at radius 2 is 2.04 bits per heavy atom. The van der Waals surface area contributed by atoms with Crippen LogP contribution in [-0.2, 0) is 17.6 Å². The summed E-state index contributed by atoms with van der Waals surface area (Å²) in [5, 5.41) is 3.82. The molecule has 1 aliphatic carbocycles. The largest absolute Gasteiger partial charge is 0.497 e. The van der Waals surface area contributed by atoms with Gasteiger partial charge in [0, 0.05) is 28.6 Å². The summed E-state index contributed by atoms with van der Waals surface area (Å²) < 4.78 is 24.2. The smallest absolute Gasteiger partial charge is 0.227 e. The number of benzene rings is 2. The van der Waals surface area contributed by atoms with Gasteiger partial charge in [-0.2, -0.15) is 0 Å². The van der Waals surface area contributed by atoms with Gasteiger partial charge in [-0.15, -0.1) is 0 Å². The van der Waals surface area contributed by atoms with Crippen molar-refractivity contribution in [1.82, 2.24) is 4.98 Å². The van der Waals surface area contributed by atoms with Gasteiger partial charge in [-0.25, -0.2) is 4.39 Å². The predicted molar refractivity (Wildman–Crippen MR) is 102 cm³/mol. The van der Waals surface area contributed by atoms with Gasteiger partial charge in [0.1, 0.15) is 17.3 Å². The third-order valence-electron chi connectivity index (χ3n) is 5.19. The number of carbonyl (C=O) groups is 1. The lowest BCUT2D eigenvalue weighted by Crippen LogP contribution is -2.28. The molecule has 0 radical (unpaired) electrons. The molecule has 0 saturated carbocycles. The highest BCUT2D eigenvalue weighted by atomic mass is 19.1. The van der Waals surface area contributed by atoms with Gasteiger partial charge in [0.2, 0.25) is 5.91 Å². The standard InChI is InChI=1S/C21H21FN2O3/c1-26-14-5-8-20(27-2)19(11-14)24-21(25)12-3-6-17-15(9-12)16-10-13(22)4-7-18(16)23-17/h4-5,7-8,10-12,23H,3,6,9H2,1-2H3,(H,24,25). The minimum Gasteiger partial charge on any atom is -0.497 e. The zero-order valence-corrected chi connectivity index (χ0v) is 15.3. The normalized spacial score (nSPS) is 16.0. The van der Waals surface area contributed by atoms with Crippen LogP contribution in [0.2, 0.25) is 0 Å². The van der Waals surface area contributed by atoms with Crippen molar-refractivity contribution < 1.29 is 18.7 Å².